The molecule has 84 valence electrons. The van der Waals surface area contributed by atoms with Crippen LogP contribution in [-0.2, 0) is 9.53 Å². The Bertz CT molecular complexity index is 155. The second-order valence-corrected chi connectivity index (χ2v) is 3.85. The fraction of sp³-hybridized carbons (Fsp3) is 0.909. The summed E-state index contributed by atoms with van der Waals surface area (Å²) in [5.41, 5.74) is 0. The summed E-state index contributed by atoms with van der Waals surface area (Å²) in [6.07, 6.45) is 3.02. The zero-order chi connectivity index (χ0) is 11.0. The van der Waals surface area contributed by atoms with Crippen LogP contribution in [0.2, 0.25) is 0 Å². The van der Waals surface area contributed by atoms with Crippen molar-refractivity contribution in [3.8, 4) is 0 Å². The number of ether oxygens (including phenoxy) is 1. The van der Waals surface area contributed by atoms with E-state index in [1.54, 1.807) is 6.92 Å². The molecule has 0 spiro atoms. The predicted molar refractivity (Wildman–Crippen MR) is 55.9 cm³/mol. The van der Waals surface area contributed by atoms with Gasteiger partial charge in [-0.25, -0.2) is 0 Å². The van der Waals surface area contributed by atoms with Gasteiger partial charge in [-0.3, -0.25) is 4.79 Å². The van der Waals surface area contributed by atoms with Crippen LogP contribution in [-0.4, -0.2) is 23.8 Å². The predicted octanol–water partition coefficient (Wildman–Crippen LogP) is 2.13. The van der Waals surface area contributed by atoms with Crippen molar-refractivity contribution in [2.75, 3.05) is 6.61 Å². The Labute approximate surface area is 86.5 Å². The van der Waals surface area contributed by atoms with Gasteiger partial charge in [0.2, 0.25) is 0 Å². The summed E-state index contributed by atoms with van der Waals surface area (Å²) in [4.78, 5) is 11.2. The van der Waals surface area contributed by atoms with Crippen LogP contribution in [0.5, 0.6) is 0 Å². The summed E-state index contributed by atoms with van der Waals surface area (Å²) in [6, 6.07) is 0. The van der Waals surface area contributed by atoms with Gasteiger partial charge >= 0.3 is 5.97 Å². The van der Waals surface area contributed by atoms with E-state index in [9.17, 15) is 9.90 Å². The van der Waals surface area contributed by atoms with E-state index in [0.29, 0.717) is 13.0 Å². The molecule has 2 atom stereocenters. The maximum absolute atomic E-state index is 11.2. The molecule has 0 saturated heterocycles. The molecule has 0 bridgehead atoms. The lowest BCUT2D eigenvalue weighted by Gasteiger charge is -2.13. The SMILES string of the molecule is CCCCCOC(=O)CC(C)C(C)O. The van der Waals surface area contributed by atoms with E-state index in [0.717, 1.165) is 19.3 Å². The van der Waals surface area contributed by atoms with Gasteiger partial charge < -0.3 is 9.84 Å². The number of hydrogen-bond acceptors (Lipinski definition) is 3. The second-order valence-electron chi connectivity index (χ2n) is 3.85. The van der Waals surface area contributed by atoms with Crippen LogP contribution < -0.4 is 0 Å². The van der Waals surface area contributed by atoms with Crippen LogP contribution in [0.4, 0.5) is 0 Å². The Morgan fingerprint density at radius 3 is 2.50 bits per heavy atom. The monoisotopic (exact) mass is 202 g/mol. The van der Waals surface area contributed by atoms with Gasteiger partial charge in [0.15, 0.2) is 0 Å². The van der Waals surface area contributed by atoms with Gasteiger partial charge in [0, 0.05) is 0 Å². The molecule has 14 heavy (non-hydrogen) atoms. The highest BCUT2D eigenvalue weighted by Crippen LogP contribution is 2.08. The third-order valence-corrected chi connectivity index (χ3v) is 2.32. The number of hydrogen-bond donors (Lipinski definition) is 1. The first-order chi connectivity index (χ1) is 6.57. The summed E-state index contributed by atoms with van der Waals surface area (Å²) in [7, 11) is 0. The Balaban J connectivity index is 3.45. The fourth-order valence-corrected chi connectivity index (χ4v) is 1.03. The first-order valence-electron chi connectivity index (χ1n) is 5.41. The fourth-order valence-electron chi connectivity index (χ4n) is 1.03. The van der Waals surface area contributed by atoms with Crippen molar-refractivity contribution in [1.29, 1.82) is 0 Å². The lowest BCUT2D eigenvalue weighted by atomic mass is 10.0. The minimum Gasteiger partial charge on any atom is -0.466 e. The second kappa shape index (κ2) is 7.80. The highest BCUT2D eigenvalue weighted by Gasteiger charge is 2.14. The number of carbonyl (C=O) groups is 1. The molecule has 0 aromatic heterocycles. The molecule has 0 fully saturated rings. The van der Waals surface area contributed by atoms with Gasteiger partial charge in [-0.1, -0.05) is 26.7 Å². The molecule has 3 nitrogen and oxygen atoms in total. The Morgan fingerprint density at radius 2 is 2.00 bits per heavy atom. The maximum Gasteiger partial charge on any atom is 0.306 e. The largest absolute Gasteiger partial charge is 0.466 e. The normalized spacial score (nSPS) is 14.9. The lowest BCUT2D eigenvalue weighted by molar-refractivity contribution is -0.145. The van der Waals surface area contributed by atoms with E-state index < -0.39 is 6.10 Å². The van der Waals surface area contributed by atoms with Crippen molar-refractivity contribution in [3.63, 3.8) is 0 Å². The van der Waals surface area contributed by atoms with Crippen molar-refractivity contribution in [2.45, 2.75) is 52.6 Å². The third kappa shape index (κ3) is 6.89. The number of unbranched alkanes of at least 4 members (excludes halogenated alkanes) is 2. The zero-order valence-corrected chi connectivity index (χ0v) is 9.45. The summed E-state index contributed by atoms with van der Waals surface area (Å²) in [6.45, 7) is 6.16. The summed E-state index contributed by atoms with van der Waals surface area (Å²) in [5, 5.41) is 9.17. The average Bonchev–Trinajstić information content (AvgIpc) is 2.12. The van der Waals surface area contributed by atoms with Gasteiger partial charge in [0.1, 0.15) is 0 Å². The molecule has 0 amide bonds. The number of esters is 1. The molecule has 0 radical (unpaired) electrons. The standard InChI is InChI=1S/C11H22O3/c1-4-5-6-7-14-11(13)8-9(2)10(3)12/h9-10,12H,4-8H2,1-3H3. The van der Waals surface area contributed by atoms with Gasteiger partial charge in [-0.05, 0) is 19.3 Å². The maximum atomic E-state index is 11.2. The van der Waals surface area contributed by atoms with Crippen LogP contribution in [0.25, 0.3) is 0 Å². The van der Waals surface area contributed by atoms with Crippen LogP contribution in [0.1, 0.15) is 46.5 Å². The van der Waals surface area contributed by atoms with Gasteiger partial charge in [-0.2, -0.15) is 0 Å². The van der Waals surface area contributed by atoms with Crippen molar-refractivity contribution in [2.24, 2.45) is 5.92 Å². The molecule has 0 aromatic rings. The summed E-state index contributed by atoms with van der Waals surface area (Å²) in [5.74, 6) is -0.219. The average molecular weight is 202 g/mol. The molecule has 0 aliphatic carbocycles. The number of aliphatic hydroxyl groups is 1. The van der Waals surface area contributed by atoms with Gasteiger partial charge in [0.05, 0.1) is 19.1 Å². The molecule has 0 aliphatic rings. The minimum absolute atomic E-state index is 0.0197. The van der Waals surface area contributed by atoms with Gasteiger partial charge in [-0.15, -0.1) is 0 Å². The van der Waals surface area contributed by atoms with Crippen LogP contribution in [0.3, 0.4) is 0 Å². The molecule has 0 aromatic carbocycles. The molecule has 0 saturated carbocycles. The lowest BCUT2D eigenvalue weighted by Crippen LogP contribution is -2.18. The van der Waals surface area contributed by atoms with E-state index in [2.05, 4.69) is 6.92 Å². The topological polar surface area (TPSA) is 46.5 Å². The Hall–Kier alpha value is -0.570. The molecule has 0 aliphatic heterocycles. The Kier molecular flexibility index (Phi) is 7.48. The Morgan fingerprint density at radius 1 is 1.36 bits per heavy atom. The molecule has 3 heteroatoms. The van der Waals surface area contributed by atoms with Crippen LogP contribution >= 0.6 is 0 Å². The van der Waals surface area contributed by atoms with Crippen molar-refractivity contribution in [3.05, 3.63) is 0 Å². The van der Waals surface area contributed by atoms with Crippen molar-refractivity contribution in [1.82, 2.24) is 0 Å². The summed E-state index contributed by atoms with van der Waals surface area (Å²) < 4.78 is 5.01. The quantitative estimate of drug-likeness (QED) is 0.508. The van der Waals surface area contributed by atoms with Crippen molar-refractivity contribution < 1.29 is 14.6 Å². The zero-order valence-electron chi connectivity index (χ0n) is 9.45. The molecule has 0 rings (SSSR count). The van der Waals surface area contributed by atoms with E-state index >= 15 is 0 Å². The van der Waals surface area contributed by atoms with Crippen LogP contribution in [0.15, 0.2) is 0 Å². The first-order valence-corrected chi connectivity index (χ1v) is 5.41. The summed E-state index contributed by atoms with van der Waals surface area (Å²) >= 11 is 0. The van der Waals surface area contributed by atoms with E-state index in [1.165, 1.54) is 0 Å². The number of rotatable bonds is 7. The highest BCUT2D eigenvalue weighted by molar-refractivity contribution is 5.69. The van der Waals surface area contributed by atoms with Crippen molar-refractivity contribution >= 4 is 5.97 Å². The third-order valence-electron chi connectivity index (χ3n) is 2.32. The van der Waals surface area contributed by atoms with E-state index in [-0.39, 0.29) is 11.9 Å². The smallest absolute Gasteiger partial charge is 0.306 e. The molecule has 1 N–H and O–H groups in total. The van der Waals surface area contributed by atoms with Crippen LogP contribution in [0, 0.1) is 5.92 Å². The molecule has 2 unspecified atom stereocenters. The van der Waals surface area contributed by atoms with Gasteiger partial charge in [0.25, 0.3) is 0 Å². The minimum atomic E-state index is -0.446. The number of aliphatic hydroxyl groups excluding tert-OH is 1. The first kappa shape index (κ1) is 13.4. The highest BCUT2D eigenvalue weighted by atomic mass is 16.5. The van der Waals surface area contributed by atoms with E-state index in [4.69, 9.17) is 4.74 Å². The van der Waals surface area contributed by atoms with E-state index in [1.807, 2.05) is 6.92 Å². The molecular weight excluding hydrogens is 180 g/mol. The number of carbonyl (C=O) groups excluding carboxylic acids is 1. The molecule has 0 heterocycles. The molecular formula is C11H22O3.